The first-order valence-corrected chi connectivity index (χ1v) is 7.11. The molecule has 1 aliphatic carbocycles. The Morgan fingerprint density at radius 3 is 2.83 bits per heavy atom. The van der Waals surface area contributed by atoms with Crippen molar-refractivity contribution in [2.45, 2.75) is 51.6 Å². The topological polar surface area (TPSA) is 29.5 Å². The number of aryl methyl sites for hydroxylation is 1. The minimum atomic E-state index is -0.328. The normalized spacial score (nSPS) is 17.9. The van der Waals surface area contributed by atoms with Crippen molar-refractivity contribution < 1.29 is 9.84 Å². The average molecular weight is 248 g/mol. The number of aliphatic hydroxyl groups excluding tert-OH is 1. The van der Waals surface area contributed by atoms with Gasteiger partial charge in [-0.2, -0.15) is 0 Å². The van der Waals surface area contributed by atoms with E-state index in [2.05, 4.69) is 0 Å². The van der Waals surface area contributed by atoms with Crippen LogP contribution in [0.3, 0.4) is 0 Å². The van der Waals surface area contributed by atoms with E-state index in [9.17, 15) is 5.11 Å². The Morgan fingerprint density at radius 2 is 2.11 bits per heavy atom. The molecule has 1 saturated carbocycles. The third-order valence-electron chi connectivity index (χ3n) is 3.81. The van der Waals surface area contributed by atoms with Gasteiger partial charge in [-0.05, 0) is 43.4 Å². The van der Waals surface area contributed by atoms with E-state index < -0.39 is 0 Å². The predicted octanol–water partition coefficient (Wildman–Crippen LogP) is 3.71. The summed E-state index contributed by atoms with van der Waals surface area (Å²) in [5.41, 5.74) is 1.19. The van der Waals surface area contributed by atoms with Gasteiger partial charge in [-0.15, -0.1) is 0 Å². The molecule has 0 bridgehead atoms. The van der Waals surface area contributed by atoms with Gasteiger partial charge in [-0.25, -0.2) is 0 Å². The van der Waals surface area contributed by atoms with Crippen molar-refractivity contribution in [2.24, 2.45) is 5.92 Å². The number of benzene rings is 1. The summed E-state index contributed by atoms with van der Waals surface area (Å²) in [5.74, 6) is 1.70. The highest BCUT2D eigenvalue weighted by Crippen LogP contribution is 2.29. The van der Waals surface area contributed by atoms with Crippen LogP contribution in [0.15, 0.2) is 24.3 Å². The van der Waals surface area contributed by atoms with E-state index >= 15 is 0 Å². The SMILES string of the molecule is Cc1cccc(OC[C@H](O)CCC2CCCC2)c1. The summed E-state index contributed by atoms with van der Waals surface area (Å²) in [4.78, 5) is 0. The lowest BCUT2D eigenvalue weighted by molar-refractivity contribution is 0.0939. The largest absolute Gasteiger partial charge is 0.491 e. The van der Waals surface area contributed by atoms with Crippen LogP contribution in [-0.4, -0.2) is 17.8 Å². The van der Waals surface area contributed by atoms with Gasteiger partial charge in [-0.3, -0.25) is 0 Å². The second-order valence-corrected chi connectivity index (χ2v) is 5.51. The first-order valence-electron chi connectivity index (χ1n) is 7.11. The molecule has 100 valence electrons. The second-order valence-electron chi connectivity index (χ2n) is 5.51. The van der Waals surface area contributed by atoms with Crippen molar-refractivity contribution in [3.05, 3.63) is 29.8 Å². The zero-order chi connectivity index (χ0) is 12.8. The zero-order valence-electron chi connectivity index (χ0n) is 11.3. The lowest BCUT2D eigenvalue weighted by Gasteiger charge is -2.15. The summed E-state index contributed by atoms with van der Waals surface area (Å²) >= 11 is 0. The number of hydrogen-bond donors (Lipinski definition) is 1. The Kier molecular flexibility index (Phi) is 5.06. The first kappa shape index (κ1) is 13.4. The second kappa shape index (κ2) is 6.79. The monoisotopic (exact) mass is 248 g/mol. The molecule has 1 aromatic carbocycles. The first-order chi connectivity index (χ1) is 8.74. The summed E-state index contributed by atoms with van der Waals surface area (Å²) < 4.78 is 5.61. The van der Waals surface area contributed by atoms with Crippen molar-refractivity contribution in [3.8, 4) is 5.75 Å². The summed E-state index contributed by atoms with van der Waals surface area (Å²) in [6, 6.07) is 7.97. The average Bonchev–Trinajstić information content (AvgIpc) is 2.87. The summed E-state index contributed by atoms with van der Waals surface area (Å²) in [5, 5.41) is 9.92. The van der Waals surface area contributed by atoms with Gasteiger partial charge in [0.25, 0.3) is 0 Å². The Labute approximate surface area is 110 Å². The summed E-state index contributed by atoms with van der Waals surface area (Å²) in [6.07, 6.45) is 7.15. The van der Waals surface area contributed by atoms with Crippen LogP contribution in [-0.2, 0) is 0 Å². The van der Waals surface area contributed by atoms with E-state index in [1.54, 1.807) is 0 Å². The Morgan fingerprint density at radius 1 is 1.33 bits per heavy atom. The van der Waals surface area contributed by atoms with Crippen molar-refractivity contribution in [3.63, 3.8) is 0 Å². The van der Waals surface area contributed by atoms with Crippen LogP contribution in [0, 0.1) is 12.8 Å². The van der Waals surface area contributed by atoms with Crippen molar-refractivity contribution in [2.75, 3.05) is 6.61 Å². The van der Waals surface area contributed by atoms with Gasteiger partial charge in [-0.1, -0.05) is 37.8 Å². The maximum absolute atomic E-state index is 9.92. The van der Waals surface area contributed by atoms with E-state index in [0.29, 0.717) is 6.61 Å². The highest BCUT2D eigenvalue weighted by atomic mass is 16.5. The van der Waals surface area contributed by atoms with Crippen LogP contribution in [0.5, 0.6) is 5.75 Å². The van der Waals surface area contributed by atoms with Crippen LogP contribution in [0.1, 0.15) is 44.1 Å². The van der Waals surface area contributed by atoms with Crippen LogP contribution in [0.2, 0.25) is 0 Å². The molecule has 1 atom stereocenters. The fourth-order valence-electron chi connectivity index (χ4n) is 2.71. The van der Waals surface area contributed by atoms with E-state index in [0.717, 1.165) is 24.5 Å². The van der Waals surface area contributed by atoms with Gasteiger partial charge < -0.3 is 9.84 Å². The predicted molar refractivity (Wildman–Crippen MR) is 73.9 cm³/mol. The van der Waals surface area contributed by atoms with Crippen molar-refractivity contribution >= 4 is 0 Å². The Hall–Kier alpha value is -1.02. The third-order valence-corrected chi connectivity index (χ3v) is 3.81. The maximum Gasteiger partial charge on any atom is 0.119 e. The number of ether oxygens (including phenoxy) is 1. The molecule has 2 nitrogen and oxygen atoms in total. The minimum absolute atomic E-state index is 0.328. The van der Waals surface area contributed by atoms with Crippen molar-refractivity contribution in [1.82, 2.24) is 0 Å². The molecular formula is C16H24O2. The molecule has 1 fully saturated rings. The van der Waals surface area contributed by atoms with E-state index in [-0.39, 0.29) is 6.10 Å². The van der Waals surface area contributed by atoms with Crippen LogP contribution < -0.4 is 4.74 Å². The van der Waals surface area contributed by atoms with E-state index in [1.165, 1.54) is 31.2 Å². The standard InChI is InChI=1S/C16H24O2/c1-13-5-4-8-16(11-13)18-12-15(17)10-9-14-6-2-3-7-14/h4-5,8,11,14-15,17H,2-3,6-7,9-10,12H2,1H3/t15-/m1/s1. The fraction of sp³-hybridized carbons (Fsp3) is 0.625. The molecule has 0 aromatic heterocycles. The molecule has 1 aliphatic rings. The third kappa shape index (κ3) is 4.34. The smallest absolute Gasteiger partial charge is 0.119 e. The molecule has 1 aromatic rings. The van der Waals surface area contributed by atoms with Crippen LogP contribution in [0.25, 0.3) is 0 Å². The summed E-state index contributed by atoms with van der Waals surface area (Å²) in [6.45, 7) is 2.46. The minimum Gasteiger partial charge on any atom is -0.491 e. The molecule has 0 radical (unpaired) electrons. The maximum atomic E-state index is 9.92. The molecule has 0 unspecified atom stereocenters. The molecule has 0 heterocycles. The van der Waals surface area contributed by atoms with Crippen LogP contribution >= 0.6 is 0 Å². The molecule has 2 heteroatoms. The highest BCUT2D eigenvalue weighted by Gasteiger charge is 2.16. The molecule has 0 spiro atoms. The molecule has 0 aliphatic heterocycles. The number of aliphatic hydroxyl groups is 1. The zero-order valence-corrected chi connectivity index (χ0v) is 11.3. The molecule has 18 heavy (non-hydrogen) atoms. The van der Waals surface area contributed by atoms with Crippen LogP contribution in [0.4, 0.5) is 0 Å². The molecule has 2 rings (SSSR count). The lowest BCUT2D eigenvalue weighted by atomic mass is 10.00. The van der Waals surface area contributed by atoms with E-state index in [1.807, 2.05) is 31.2 Å². The van der Waals surface area contributed by atoms with Gasteiger partial charge in [0.2, 0.25) is 0 Å². The number of hydrogen-bond acceptors (Lipinski definition) is 2. The summed E-state index contributed by atoms with van der Waals surface area (Å²) in [7, 11) is 0. The van der Waals surface area contributed by atoms with Crippen molar-refractivity contribution in [1.29, 1.82) is 0 Å². The fourth-order valence-corrected chi connectivity index (χ4v) is 2.71. The van der Waals surface area contributed by atoms with Gasteiger partial charge in [0, 0.05) is 0 Å². The molecular weight excluding hydrogens is 224 g/mol. The van der Waals surface area contributed by atoms with Gasteiger partial charge in [0.05, 0.1) is 6.10 Å². The molecule has 0 amide bonds. The highest BCUT2D eigenvalue weighted by molar-refractivity contribution is 5.27. The molecule has 1 N–H and O–H groups in total. The quantitative estimate of drug-likeness (QED) is 0.831. The Balaban J connectivity index is 1.66. The lowest BCUT2D eigenvalue weighted by Crippen LogP contribution is -2.18. The Bertz CT molecular complexity index is 356. The number of rotatable bonds is 6. The molecule has 0 saturated heterocycles. The van der Waals surface area contributed by atoms with Gasteiger partial charge in [0.1, 0.15) is 12.4 Å². The van der Waals surface area contributed by atoms with E-state index in [4.69, 9.17) is 4.74 Å². The van der Waals surface area contributed by atoms with Gasteiger partial charge in [0.15, 0.2) is 0 Å². The van der Waals surface area contributed by atoms with Gasteiger partial charge >= 0.3 is 0 Å².